The summed E-state index contributed by atoms with van der Waals surface area (Å²) < 4.78 is 0. The molecule has 0 bridgehead atoms. The van der Waals surface area contributed by atoms with E-state index in [0.717, 1.165) is 11.4 Å². The molecule has 0 aromatic heterocycles. The first-order valence-electron chi connectivity index (χ1n) is 16.9. The molecule has 230 valence electrons. The van der Waals surface area contributed by atoms with Crippen molar-refractivity contribution >= 4 is 49.4 Å². The van der Waals surface area contributed by atoms with Crippen LogP contribution in [0.4, 0.5) is 17.1 Å². The standard InChI is InChI=1S/C48H33N/c1-3-14-34(15-4-1)35-26-28-36(29-27-35)37-30-32-40(33-31-37)49(39-18-5-2-6-19-39)48-46-24-12-10-22-43(46)42-21-9-11-23-45(42)47(48)44-25-13-17-38-16-7-8-20-41(38)44/h1-33H. The van der Waals surface area contributed by atoms with Crippen molar-refractivity contribution in [2.45, 2.75) is 0 Å². The molecule has 0 saturated carbocycles. The van der Waals surface area contributed by atoms with Crippen LogP contribution < -0.4 is 4.90 Å². The Balaban J connectivity index is 1.28. The van der Waals surface area contributed by atoms with Gasteiger partial charge in [-0.1, -0.05) is 176 Å². The maximum atomic E-state index is 2.45. The second kappa shape index (κ2) is 12.3. The van der Waals surface area contributed by atoms with Gasteiger partial charge < -0.3 is 4.90 Å². The molecule has 0 aliphatic rings. The largest absolute Gasteiger partial charge is 0.309 e. The number of hydrogen-bond acceptors (Lipinski definition) is 1. The summed E-state index contributed by atoms with van der Waals surface area (Å²) in [6.45, 7) is 0. The summed E-state index contributed by atoms with van der Waals surface area (Å²) in [6.07, 6.45) is 0. The average molecular weight is 624 g/mol. The summed E-state index contributed by atoms with van der Waals surface area (Å²) in [5, 5.41) is 7.43. The van der Waals surface area contributed by atoms with Gasteiger partial charge in [-0.3, -0.25) is 0 Å². The Kier molecular flexibility index (Phi) is 7.22. The summed E-state index contributed by atoms with van der Waals surface area (Å²) in [5.74, 6) is 0. The third-order valence-electron chi connectivity index (χ3n) is 9.65. The Morgan fingerprint density at radius 3 is 1.35 bits per heavy atom. The average Bonchev–Trinajstić information content (AvgIpc) is 3.19. The van der Waals surface area contributed by atoms with E-state index >= 15 is 0 Å². The van der Waals surface area contributed by atoms with Gasteiger partial charge in [0.25, 0.3) is 0 Å². The molecule has 1 heteroatoms. The fourth-order valence-corrected chi connectivity index (χ4v) is 7.34. The van der Waals surface area contributed by atoms with E-state index < -0.39 is 0 Å². The lowest BCUT2D eigenvalue weighted by molar-refractivity contribution is 1.30. The highest BCUT2D eigenvalue weighted by Gasteiger charge is 2.24. The van der Waals surface area contributed by atoms with Gasteiger partial charge in [-0.15, -0.1) is 0 Å². The van der Waals surface area contributed by atoms with Crippen LogP contribution in [0, 0.1) is 0 Å². The Hall–Kier alpha value is -6.44. The molecule has 0 amide bonds. The number of para-hydroxylation sites is 1. The number of hydrogen-bond donors (Lipinski definition) is 0. The fourth-order valence-electron chi connectivity index (χ4n) is 7.34. The first-order valence-corrected chi connectivity index (χ1v) is 16.9. The second-order valence-corrected chi connectivity index (χ2v) is 12.5. The van der Waals surface area contributed by atoms with Crippen molar-refractivity contribution in [1.82, 2.24) is 0 Å². The normalized spacial score (nSPS) is 11.3. The molecule has 49 heavy (non-hydrogen) atoms. The van der Waals surface area contributed by atoms with Crippen LogP contribution in [-0.4, -0.2) is 0 Å². The van der Waals surface area contributed by atoms with Gasteiger partial charge in [0.1, 0.15) is 0 Å². The fraction of sp³-hybridized carbons (Fsp3) is 0. The van der Waals surface area contributed by atoms with Crippen LogP contribution in [-0.2, 0) is 0 Å². The molecule has 0 saturated heterocycles. The Bertz CT molecular complexity index is 2560. The quantitative estimate of drug-likeness (QED) is 0.167. The van der Waals surface area contributed by atoms with Crippen molar-refractivity contribution in [2.75, 3.05) is 4.90 Å². The molecule has 0 heterocycles. The van der Waals surface area contributed by atoms with Gasteiger partial charge >= 0.3 is 0 Å². The van der Waals surface area contributed by atoms with Gasteiger partial charge in [0, 0.05) is 22.3 Å². The van der Waals surface area contributed by atoms with Crippen molar-refractivity contribution in [3.05, 3.63) is 200 Å². The molecule has 9 aromatic rings. The molecule has 9 aromatic carbocycles. The zero-order valence-electron chi connectivity index (χ0n) is 27.0. The van der Waals surface area contributed by atoms with E-state index in [2.05, 4.69) is 205 Å². The van der Waals surface area contributed by atoms with E-state index in [-0.39, 0.29) is 0 Å². The molecule has 0 aliphatic heterocycles. The molecule has 0 atom stereocenters. The molecule has 0 fully saturated rings. The van der Waals surface area contributed by atoms with Crippen LogP contribution in [0.15, 0.2) is 200 Å². The molecule has 0 aliphatic carbocycles. The van der Waals surface area contributed by atoms with Crippen molar-refractivity contribution in [3.63, 3.8) is 0 Å². The lowest BCUT2D eigenvalue weighted by Crippen LogP contribution is -2.12. The van der Waals surface area contributed by atoms with E-state index in [1.807, 2.05) is 0 Å². The number of benzene rings is 9. The smallest absolute Gasteiger partial charge is 0.0625 e. The molecule has 9 rings (SSSR count). The molecule has 0 radical (unpaired) electrons. The topological polar surface area (TPSA) is 3.24 Å². The number of rotatable bonds is 6. The van der Waals surface area contributed by atoms with Crippen LogP contribution in [0.1, 0.15) is 0 Å². The maximum Gasteiger partial charge on any atom is 0.0625 e. The predicted octanol–water partition coefficient (Wildman–Crippen LogP) is 13.6. The summed E-state index contributed by atoms with van der Waals surface area (Å²) in [4.78, 5) is 2.45. The molecule has 1 nitrogen and oxygen atoms in total. The molecule has 0 N–H and O–H groups in total. The summed E-state index contributed by atoms with van der Waals surface area (Å²) in [7, 11) is 0. The van der Waals surface area contributed by atoms with E-state index in [1.54, 1.807) is 0 Å². The van der Waals surface area contributed by atoms with Gasteiger partial charge in [-0.2, -0.15) is 0 Å². The van der Waals surface area contributed by atoms with Crippen LogP contribution in [0.5, 0.6) is 0 Å². The molecular weight excluding hydrogens is 591 g/mol. The van der Waals surface area contributed by atoms with E-state index in [9.17, 15) is 0 Å². The SMILES string of the molecule is c1ccc(-c2ccc(-c3ccc(N(c4ccccc4)c4c(-c5cccc6ccccc56)c5ccccc5c5ccccc45)cc3)cc2)cc1. The van der Waals surface area contributed by atoms with Crippen LogP contribution in [0.25, 0.3) is 65.7 Å². The second-order valence-electron chi connectivity index (χ2n) is 12.5. The van der Waals surface area contributed by atoms with E-state index in [4.69, 9.17) is 0 Å². The first-order chi connectivity index (χ1) is 24.3. The highest BCUT2D eigenvalue weighted by Crippen LogP contribution is 2.50. The highest BCUT2D eigenvalue weighted by molar-refractivity contribution is 6.24. The van der Waals surface area contributed by atoms with Crippen LogP contribution >= 0.6 is 0 Å². The van der Waals surface area contributed by atoms with Gasteiger partial charge in [0.15, 0.2) is 0 Å². The van der Waals surface area contributed by atoms with Gasteiger partial charge in [0.05, 0.1) is 5.69 Å². The zero-order valence-corrected chi connectivity index (χ0v) is 27.0. The Morgan fingerprint density at radius 1 is 0.265 bits per heavy atom. The minimum Gasteiger partial charge on any atom is -0.309 e. The minimum atomic E-state index is 1.11. The van der Waals surface area contributed by atoms with Crippen LogP contribution in [0.2, 0.25) is 0 Å². The summed E-state index contributed by atoms with van der Waals surface area (Å²) in [5.41, 5.74) is 10.7. The third-order valence-corrected chi connectivity index (χ3v) is 9.65. The monoisotopic (exact) mass is 623 g/mol. The summed E-state index contributed by atoms with van der Waals surface area (Å²) >= 11 is 0. The first kappa shape index (κ1) is 28.8. The van der Waals surface area contributed by atoms with E-state index in [1.165, 1.54) is 71.4 Å². The number of anilines is 3. The van der Waals surface area contributed by atoms with Crippen molar-refractivity contribution in [3.8, 4) is 33.4 Å². The van der Waals surface area contributed by atoms with Crippen molar-refractivity contribution < 1.29 is 0 Å². The van der Waals surface area contributed by atoms with Crippen LogP contribution in [0.3, 0.4) is 0 Å². The Labute approximate surface area is 287 Å². The predicted molar refractivity (Wildman–Crippen MR) is 210 cm³/mol. The Morgan fingerprint density at radius 2 is 0.694 bits per heavy atom. The maximum absolute atomic E-state index is 2.45. The lowest BCUT2D eigenvalue weighted by Gasteiger charge is -2.31. The minimum absolute atomic E-state index is 1.11. The molecule has 0 spiro atoms. The zero-order chi connectivity index (χ0) is 32.6. The van der Waals surface area contributed by atoms with E-state index in [0.29, 0.717) is 0 Å². The van der Waals surface area contributed by atoms with Gasteiger partial charge in [-0.05, 0) is 79.0 Å². The van der Waals surface area contributed by atoms with Gasteiger partial charge in [0.2, 0.25) is 0 Å². The lowest BCUT2D eigenvalue weighted by atomic mass is 9.88. The molecular formula is C48H33N. The third kappa shape index (κ3) is 5.13. The van der Waals surface area contributed by atoms with Crippen molar-refractivity contribution in [2.24, 2.45) is 0 Å². The molecule has 0 unspecified atom stereocenters. The summed E-state index contributed by atoms with van der Waals surface area (Å²) in [6, 6.07) is 72.4. The number of nitrogens with zero attached hydrogens (tertiary/aromatic N) is 1. The van der Waals surface area contributed by atoms with Gasteiger partial charge in [-0.25, -0.2) is 0 Å². The van der Waals surface area contributed by atoms with Crippen molar-refractivity contribution in [1.29, 1.82) is 0 Å². The highest BCUT2D eigenvalue weighted by atomic mass is 15.1. The number of fused-ring (bicyclic) bond motifs is 4.